The summed E-state index contributed by atoms with van der Waals surface area (Å²) in [4.78, 5) is 12.1. The van der Waals surface area contributed by atoms with Crippen LogP contribution in [0.2, 0.25) is 0 Å². The first kappa shape index (κ1) is 19.7. The van der Waals surface area contributed by atoms with Crippen molar-refractivity contribution in [3.63, 3.8) is 0 Å². The monoisotopic (exact) mass is 352 g/mol. The van der Waals surface area contributed by atoms with Crippen molar-refractivity contribution < 1.29 is 13.2 Å². The molecule has 0 aromatic rings. The Morgan fingerprint density at radius 2 is 1.77 bits per heavy atom. The third-order valence-corrected chi connectivity index (χ3v) is 6.52. The molecule has 2 aliphatic carbocycles. The van der Waals surface area contributed by atoms with Crippen molar-refractivity contribution in [3.05, 3.63) is 0 Å². The molecule has 5 nitrogen and oxygen atoms in total. The van der Waals surface area contributed by atoms with Crippen LogP contribution in [0.3, 0.4) is 0 Å². The molecule has 2 saturated carbocycles. The summed E-state index contributed by atoms with van der Waals surface area (Å²) in [6.45, 7) is 3.70. The van der Waals surface area contributed by atoms with Gasteiger partial charge in [-0.2, -0.15) is 0 Å². The lowest BCUT2D eigenvalue weighted by Gasteiger charge is -2.45. The number of carbonyl (C=O) groups excluding carboxylic acids is 1. The lowest BCUT2D eigenvalue weighted by Crippen LogP contribution is -2.54. The summed E-state index contributed by atoms with van der Waals surface area (Å²) in [5, 5.41) is 3.00. The molecule has 2 aliphatic rings. The topological polar surface area (TPSA) is 89.3 Å². The number of nitrogens with two attached hydrogens (primary N) is 1. The van der Waals surface area contributed by atoms with E-state index in [0.717, 1.165) is 25.7 Å². The number of hydrogen-bond acceptors (Lipinski definition) is 4. The Morgan fingerprint density at radius 1 is 1.23 bits per heavy atom. The first-order chi connectivity index (χ1) is 9.77. The van der Waals surface area contributed by atoms with Crippen molar-refractivity contribution in [2.45, 2.75) is 58.0 Å². The van der Waals surface area contributed by atoms with E-state index in [9.17, 15) is 13.2 Å². The molecule has 130 valence electrons. The Hall–Kier alpha value is -0.330. The molecular weight excluding hydrogens is 324 g/mol. The standard InChI is InChI=1S/C15H28N2O3S.ClH/c1-10(2)8-21(19,20)9-14(18)17-15-11-4-3-5-12(15)7-13(16)6-11;/h10-13,15H,3-9,16H2,1-2H3,(H,17,18);1H. The van der Waals surface area contributed by atoms with Gasteiger partial charge in [0.2, 0.25) is 5.91 Å². The maximum atomic E-state index is 12.1. The minimum atomic E-state index is -3.30. The van der Waals surface area contributed by atoms with Crippen LogP contribution in [0.25, 0.3) is 0 Å². The van der Waals surface area contributed by atoms with Crippen LogP contribution < -0.4 is 11.1 Å². The number of sulfone groups is 1. The fourth-order valence-corrected chi connectivity index (χ4v) is 5.64. The zero-order valence-electron chi connectivity index (χ0n) is 13.5. The molecule has 0 heterocycles. The highest BCUT2D eigenvalue weighted by Gasteiger charge is 2.40. The molecule has 2 atom stereocenters. The summed E-state index contributed by atoms with van der Waals surface area (Å²) in [6, 6.07) is 0.360. The second-order valence-corrected chi connectivity index (χ2v) is 9.33. The van der Waals surface area contributed by atoms with Crippen LogP contribution in [-0.4, -0.2) is 37.9 Å². The van der Waals surface area contributed by atoms with Gasteiger partial charge in [0.15, 0.2) is 9.84 Å². The van der Waals surface area contributed by atoms with Crippen LogP contribution >= 0.6 is 12.4 Å². The summed E-state index contributed by atoms with van der Waals surface area (Å²) in [5.41, 5.74) is 6.07. The quantitative estimate of drug-likeness (QED) is 0.784. The van der Waals surface area contributed by atoms with Crippen LogP contribution in [0.15, 0.2) is 0 Å². The summed E-state index contributed by atoms with van der Waals surface area (Å²) in [5.74, 6) is 0.243. The summed E-state index contributed by atoms with van der Waals surface area (Å²) >= 11 is 0. The van der Waals surface area contributed by atoms with Gasteiger partial charge in [0.05, 0.1) is 5.75 Å². The number of fused-ring (bicyclic) bond motifs is 2. The molecule has 1 amide bonds. The van der Waals surface area contributed by atoms with Crippen LogP contribution in [0, 0.1) is 17.8 Å². The molecule has 0 spiro atoms. The van der Waals surface area contributed by atoms with Crippen molar-refractivity contribution in [2.24, 2.45) is 23.5 Å². The van der Waals surface area contributed by atoms with Crippen molar-refractivity contribution in [1.82, 2.24) is 5.32 Å². The summed E-state index contributed by atoms with van der Waals surface area (Å²) < 4.78 is 23.8. The second-order valence-electron chi connectivity index (χ2n) is 7.22. The van der Waals surface area contributed by atoms with E-state index < -0.39 is 9.84 Å². The number of amides is 1. The van der Waals surface area contributed by atoms with E-state index >= 15 is 0 Å². The lowest BCUT2D eigenvalue weighted by molar-refractivity contribution is -0.120. The zero-order chi connectivity index (χ0) is 15.6. The predicted octanol–water partition coefficient (Wildman–Crippen LogP) is 1.50. The molecular formula is C15H29ClN2O3S. The highest BCUT2D eigenvalue weighted by molar-refractivity contribution is 7.92. The molecule has 7 heteroatoms. The van der Waals surface area contributed by atoms with Gasteiger partial charge in [0.1, 0.15) is 5.75 Å². The first-order valence-corrected chi connectivity index (χ1v) is 9.84. The number of hydrogen-bond donors (Lipinski definition) is 2. The average Bonchev–Trinajstić information content (AvgIpc) is 2.27. The maximum absolute atomic E-state index is 12.1. The number of carbonyl (C=O) groups is 1. The molecule has 0 aromatic carbocycles. The van der Waals surface area contributed by atoms with Crippen LogP contribution in [0.5, 0.6) is 0 Å². The molecule has 2 fully saturated rings. The number of nitrogens with one attached hydrogen (secondary N) is 1. The average molecular weight is 353 g/mol. The predicted molar refractivity (Wildman–Crippen MR) is 90.7 cm³/mol. The molecule has 3 N–H and O–H groups in total. The van der Waals surface area contributed by atoms with Crippen molar-refractivity contribution in [3.8, 4) is 0 Å². The lowest BCUT2D eigenvalue weighted by atomic mass is 9.67. The maximum Gasteiger partial charge on any atom is 0.235 e. The molecule has 2 bridgehead atoms. The molecule has 2 unspecified atom stereocenters. The third kappa shape index (κ3) is 5.39. The van der Waals surface area contributed by atoms with E-state index in [-0.39, 0.29) is 47.8 Å². The molecule has 0 saturated heterocycles. The van der Waals surface area contributed by atoms with Gasteiger partial charge in [-0.05, 0) is 43.4 Å². The van der Waals surface area contributed by atoms with Gasteiger partial charge in [-0.25, -0.2) is 8.42 Å². The molecule has 22 heavy (non-hydrogen) atoms. The minimum Gasteiger partial charge on any atom is -0.352 e. The fraction of sp³-hybridized carbons (Fsp3) is 0.933. The third-order valence-electron chi connectivity index (χ3n) is 4.64. The number of halogens is 1. The van der Waals surface area contributed by atoms with Crippen LogP contribution in [0.4, 0.5) is 0 Å². The molecule has 0 aromatic heterocycles. The van der Waals surface area contributed by atoms with E-state index in [1.807, 2.05) is 13.8 Å². The van der Waals surface area contributed by atoms with Gasteiger partial charge in [-0.15, -0.1) is 12.4 Å². The summed E-state index contributed by atoms with van der Waals surface area (Å²) in [6.07, 6.45) is 5.27. The minimum absolute atomic E-state index is 0. The van der Waals surface area contributed by atoms with Gasteiger partial charge in [0, 0.05) is 12.1 Å². The Bertz CT molecular complexity index is 467. The first-order valence-electron chi connectivity index (χ1n) is 8.02. The normalized spacial score (nSPS) is 31.5. The van der Waals surface area contributed by atoms with E-state index in [1.54, 1.807) is 0 Å². The van der Waals surface area contributed by atoms with Gasteiger partial charge in [-0.1, -0.05) is 20.3 Å². The van der Waals surface area contributed by atoms with Gasteiger partial charge in [-0.3, -0.25) is 4.79 Å². The summed E-state index contributed by atoms with van der Waals surface area (Å²) in [7, 11) is -3.30. The van der Waals surface area contributed by atoms with E-state index in [0.29, 0.717) is 11.8 Å². The van der Waals surface area contributed by atoms with Gasteiger partial charge >= 0.3 is 0 Å². The Balaban J connectivity index is 0.00000242. The molecule has 0 aliphatic heterocycles. The van der Waals surface area contributed by atoms with Crippen molar-refractivity contribution >= 4 is 28.2 Å². The van der Waals surface area contributed by atoms with Gasteiger partial charge in [0.25, 0.3) is 0 Å². The highest BCUT2D eigenvalue weighted by atomic mass is 35.5. The van der Waals surface area contributed by atoms with Crippen LogP contribution in [-0.2, 0) is 14.6 Å². The van der Waals surface area contributed by atoms with E-state index in [1.165, 1.54) is 6.42 Å². The van der Waals surface area contributed by atoms with Crippen molar-refractivity contribution in [1.29, 1.82) is 0 Å². The second kappa shape index (κ2) is 7.97. The Morgan fingerprint density at radius 3 is 2.27 bits per heavy atom. The zero-order valence-corrected chi connectivity index (χ0v) is 15.1. The fourth-order valence-electron chi connectivity index (χ4n) is 4.02. The highest BCUT2D eigenvalue weighted by Crippen LogP contribution is 2.39. The SMILES string of the molecule is CC(C)CS(=O)(=O)CC(=O)NC1C2CCCC1CC(N)C2.Cl. The largest absolute Gasteiger partial charge is 0.352 e. The van der Waals surface area contributed by atoms with Gasteiger partial charge < -0.3 is 11.1 Å². The van der Waals surface area contributed by atoms with E-state index in [4.69, 9.17) is 5.73 Å². The van der Waals surface area contributed by atoms with Crippen molar-refractivity contribution in [2.75, 3.05) is 11.5 Å². The van der Waals surface area contributed by atoms with E-state index in [2.05, 4.69) is 5.32 Å². The smallest absolute Gasteiger partial charge is 0.235 e. The molecule has 0 radical (unpaired) electrons. The molecule has 2 rings (SSSR count). The Kier molecular flexibility index (Phi) is 7.15. The van der Waals surface area contributed by atoms with Crippen LogP contribution in [0.1, 0.15) is 46.0 Å². The Labute approximate surface area is 140 Å². The number of rotatable bonds is 5.